The second kappa shape index (κ2) is 9.00. The lowest BCUT2D eigenvalue weighted by Gasteiger charge is -2.08. The van der Waals surface area contributed by atoms with Crippen LogP contribution in [0.15, 0.2) is 36.1 Å². The summed E-state index contributed by atoms with van der Waals surface area (Å²) in [5, 5.41) is 8.71. The smallest absolute Gasteiger partial charge is 0.374 e. The molecule has 0 saturated carbocycles. The first-order valence-electron chi connectivity index (χ1n) is 6.79. The normalized spacial score (nSPS) is 10.4. The van der Waals surface area contributed by atoms with Gasteiger partial charge in [-0.2, -0.15) is 5.26 Å². The molecular weight excluding hydrogens is 302 g/mol. The lowest BCUT2D eigenvalue weighted by Crippen LogP contribution is -2.17. The second-order valence-corrected chi connectivity index (χ2v) is 4.06. The Kier molecular flexibility index (Phi) is 7.01. The number of nitrogens with zero attached hydrogens (tertiary/aromatic N) is 1. The molecule has 0 aliphatic carbocycles. The molecule has 0 spiro atoms. The summed E-state index contributed by atoms with van der Waals surface area (Å²) in [6, 6.07) is 7.50. The standard InChI is InChI=1S/C16H15NO6/c1-3-21-14(18)9-13(16(20)22-4-2)23-15(19)12-7-5-11(10-17)6-8-12/h5-9H,3-4H2,1-2H3/b13-9+. The van der Waals surface area contributed by atoms with Gasteiger partial charge in [-0.05, 0) is 38.1 Å². The average molecular weight is 317 g/mol. The van der Waals surface area contributed by atoms with Crippen LogP contribution in [-0.4, -0.2) is 31.1 Å². The van der Waals surface area contributed by atoms with Crippen molar-refractivity contribution in [3.8, 4) is 6.07 Å². The first-order valence-corrected chi connectivity index (χ1v) is 6.79. The number of nitriles is 1. The maximum Gasteiger partial charge on any atom is 0.374 e. The number of hydrogen-bond acceptors (Lipinski definition) is 7. The van der Waals surface area contributed by atoms with E-state index in [9.17, 15) is 14.4 Å². The Morgan fingerprint density at radius 2 is 1.70 bits per heavy atom. The number of rotatable bonds is 6. The predicted octanol–water partition coefficient (Wildman–Crippen LogP) is 1.73. The predicted molar refractivity (Wildman–Crippen MR) is 77.9 cm³/mol. The van der Waals surface area contributed by atoms with Gasteiger partial charge in [0.2, 0.25) is 5.76 Å². The molecule has 1 aromatic rings. The summed E-state index contributed by atoms with van der Waals surface area (Å²) < 4.78 is 14.3. The SMILES string of the molecule is CCOC(=O)/C=C(/OC(=O)c1ccc(C#N)cc1)C(=O)OCC. The molecule has 23 heavy (non-hydrogen) atoms. The summed E-state index contributed by atoms with van der Waals surface area (Å²) in [5.41, 5.74) is 0.484. The van der Waals surface area contributed by atoms with E-state index in [4.69, 9.17) is 14.7 Å². The van der Waals surface area contributed by atoms with Crippen LogP contribution in [-0.2, 0) is 23.8 Å². The Bertz CT molecular complexity index is 654. The first-order chi connectivity index (χ1) is 11.0. The molecule has 0 saturated heterocycles. The molecule has 0 fully saturated rings. The van der Waals surface area contributed by atoms with E-state index in [1.807, 2.05) is 6.07 Å². The van der Waals surface area contributed by atoms with Crippen LogP contribution >= 0.6 is 0 Å². The molecule has 1 aromatic carbocycles. The highest BCUT2D eigenvalue weighted by Gasteiger charge is 2.20. The molecule has 0 atom stereocenters. The summed E-state index contributed by atoms with van der Waals surface area (Å²) >= 11 is 0. The van der Waals surface area contributed by atoms with Gasteiger partial charge in [0.25, 0.3) is 0 Å². The van der Waals surface area contributed by atoms with Crippen molar-refractivity contribution >= 4 is 17.9 Å². The van der Waals surface area contributed by atoms with Crippen molar-refractivity contribution in [1.29, 1.82) is 5.26 Å². The maximum absolute atomic E-state index is 12.0. The van der Waals surface area contributed by atoms with Crippen molar-refractivity contribution < 1.29 is 28.6 Å². The van der Waals surface area contributed by atoms with Gasteiger partial charge >= 0.3 is 17.9 Å². The van der Waals surface area contributed by atoms with Gasteiger partial charge in [-0.1, -0.05) is 0 Å². The minimum Gasteiger partial charge on any atom is -0.463 e. The highest BCUT2D eigenvalue weighted by atomic mass is 16.6. The largest absolute Gasteiger partial charge is 0.463 e. The van der Waals surface area contributed by atoms with Gasteiger partial charge in [0.1, 0.15) is 0 Å². The van der Waals surface area contributed by atoms with E-state index in [1.54, 1.807) is 13.8 Å². The maximum atomic E-state index is 12.0. The van der Waals surface area contributed by atoms with Crippen molar-refractivity contribution in [2.45, 2.75) is 13.8 Å². The van der Waals surface area contributed by atoms with Crippen molar-refractivity contribution in [2.24, 2.45) is 0 Å². The van der Waals surface area contributed by atoms with Crippen LogP contribution in [0, 0.1) is 11.3 Å². The molecule has 0 radical (unpaired) electrons. The van der Waals surface area contributed by atoms with Gasteiger partial charge in [-0.3, -0.25) is 0 Å². The van der Waals surface area contributed by atoms with Crippen molar-refractivity contribution in [3.63, 3.8) is 0 Å². The Hall–Kier alpha value is -3.14. The van der Waals surface area contributed by atoms with Crippen LogP contribution in [0.4, 0.5) is 0 Å². The molecule has 0 aliphatic heterocycles. The van der Waals surface area contributed by atoms with Crippen LogP contribution < -0.4 is 0 Å². The Labute approximate surface area is 133 Å². The van der Waals surface area contributed by atoms with Gasteiger partial charge in [-0.25, -0.2) is 14.4 Å². The fourth-order valence-corrected chi connectivity index (χ4v) is 1.46. The van der Waals surface area contributed by atoms with Gasteiger partial charge < -0.3 is 14.2 Å². The van der Waals surface area contributed by atoms with Gasteiger partial charge in [-0.15, -0.1) is 0 Å². The molecule has 120 valence electrons. The molecule has 0 unspecified atom stereocenters. The third kappa shape index (κ3) is 5.63. The van der Waals surface area contributed by atoms with E-state index in [-0.39, 0.29) is 18.8 Å². The summed E-state index contributed by atoms with van der Waals surface area (Å²) in [7, 11) is 0. The summed E-state index contributed by atoms with van der Waals surface area (Å²) in [6.45, 7) is 3.32. The Morgan fingerprint density at radius 3 is 2.22 bits per heavy atom. The minimum absolute atomic E-state index is 0.0490. The Morgan fingerprint density at radius 1 is 1.09 bits per heavy atom. The fraction of sp³-hybridized carbons (Fsp3) is 0.250. The van der Waals surface area contributed by atoms with E-state index in [1.165, 1.54) is 24.3 Å². The first kappa shape index (κ1) is 17.9. The van der Waals surface area contributed by atoms with Crippen LogP contribution in [0.3, 0.4) is 0 Å². The molecule has 0 heterocycles. The van der Waals surface area contributed by atoms with Crippen LogP contribution in [0.2, 0.25) is 0 Å². The fourth-order valence-electron chi connectivity index (χ4n) is 1.46. The van der Waals surface area contributed by atoms with E-state index in [2.05, 4.69) is 4.74 Å². The number of esters is 3. The van der Waals surface area contributed by atoms with Gasteiger partial charge in [0, 0.05) is 0 Å². The molecule has 0 N–H and O–H groups in total. The zero-order chi connectivity index (χ0) is 17.2. The topological polar surface area (TPSA) is 103 Å². The summed E-state index contributed by atoms with van der Waals surface area (Å²) in [6.07, 6.45) is 0.753. The molecular formula is C16H15NO6. The molecule has 0 aliphatic rings. The lowest BCUT2D eigenvalue weighted by molar-refractivity contribution is -0.143. The Balaban J connectivity index is 2.94. The third-order valence-corrected chi connectivity index (χ3v) is 2.46. The number of benzene rings is 1. The zero-order valence-corrected chi connectivity index (χ0v) is 12.7. The van der Waals surface area contributed by atoms with Gasteiger partial charge in [0.05, 0.1) is 36.5 Å². The molecule has 0 amide bonds. The van der Waals surface area contributed by atoms with E-state index >= 15 is 0 Å². The number of carbonyl (C=O) groups is 3. The molecule has 0 bridgehead atoms. The molecule has 1 rings (SSSR count). The van der Waals surface area contributed by atoms with Gasteiger partial charge in [0.15, 0.2) is 0 Å². The highest BCUT2D eigenvalue weighted by molar-refractivity contribution is 5.99. The van der Waals surface area contributed by atoms with Crippen LogP contribution in [0.5, 0.6) is 0 Å². The van der Waals surface area contributed by atoms with E-state index in [0.717, 1.165) is 6.08 Å². The van der Waals surface area contributed by atoms with E-state index in [0.29, 0.717) is 5.56 Å². The van der Waals surface area contributed by atoms with Crippen molar-refractivity contribution in [1.82, 2.24) is 0 Å². The monoisotopic (exact) mass is 317 g/mol. The minimum atomic E-state index is -0.956. The number of hydrogen-bond donors (Lipinski definition) is 0. The number of carbonyl (C=O) groups excluding carboxylic acids is 3. The molecule has 7 nitrogen and oxygen atoms in total. The zero-order valence-electron chi connectivity index (χ0n) is 12.7. The van der Waals surface area contributed by atoms with Crippen LogP contribution in [0.25, 0.3) is 0 Å². The quantitative estimate of drug-likeness (QED) is 0.340. The summed E-state index contributed by atoms with van der Waals surface area (Å²) in [4.78, 5) is 35.2. The second-order valence-electron chi connectivity index (χ2n) is 4.06. The van der Waals surface area contributed by atoms with E-state index < -0.39 is 23.7 Å². The summed E-state index contributed by atoms with van der Waals surface area (Å²) in [5.74, 6) is -3.22. The van der Waals surface area contributed by atoms with Crippen molar-refractivity contribution in [2.75, 3.05) is 13.2 Å². The average Bonchev–Trinajstić information content (AvgIpc) is 2.54. The van der Waals surface area contributed by atoms with Crippen molar-refractivity contribution in [3.05, 3.63) is 47.2 Å². The molecule has 0 aromatic heterocycles. The number of ether oxygens (including phenoxy) is 3. The molecule has 7 heteroatoms. The third-order valence-electron chi connectivity index (χ3n) is 2.46. The highest BCUT2D eigenvalue weighted by Crippen LogP contribution is 2.10. The lowest BCUT2D eigenvalue weighted by atomic mass is 10.1. The van der Waals surface area contributed by atoms with Crippen LogP contribution in [0.1, 0.15) is 29.8 Å².